The van der Waals surface area contributed by atoms with Crippen LogP contribution in [0.1, 0.15) is 193 Å². The molecule has 1 amide bonds. The highest BCUT2D eigenvalue weighted by molar-refractivity contribution is 6.03. The van der Waals surface area contributed by atoms with Gasteiger partial charge in [0.2, 0.25) is 0 Å². The van der Waals surface area contributed by atoms with Crippen molar-refractivity contribution in [1.29, 1.82) is 0 Å². The first kappa shape index (κ1) is 108. The maximum atomic E-state index is 17.5. The third-order valence-corrected chi connectivity index (χ3v) is 34.2. The fraction of sp³-hybridized carbons (Fsp3) is 0.468. The van der Waals surface area contributed by atoms with Gasteiger partial charge in [-0.15, -0.1) is 0 Å². The number of carbonyl (C=O) groups is 11. The van der Waals surface area contributed by atoms with Gasteiger partial charge in [-0.2, -0.15) is 0 Å². The number of anilines is 3. The fourth-order valence-electron chi connectivity index (χ4n) is 27.2. The second-order valence-corrected chi connectivity index (χ2v) is 42.9. The molecule has 13 N–H and O–H groups in total. The molecule has 2 heterocycles. The van der Waals surface area contributed by atoms with Crippen LogP contribution in [0.15, 0.2) is 217 Å². The van der Waals surface area contributed by atoms with E-state index in [4.69, 9.17) is 49.4 Å². The average Bonchev–Trinajstić information content (AvgIpc) is 1.52. The number of carbonyl (C=O) groups excluding carboxylic acids is 11. The van der Waals surface area contributed by atoms with Crippen molar-refractivity contribution in [2.24, 2.45) is 68.0 Å². The first-order chi connectivity index (χ1) is 68.7. The topological polar surface area (TPSA) is 488 Å². The molecule has 782 valence electrons. The number of nitrogens with two attached hydrogens (primary N) is 2. The van der Waals surface area contributed by atoms with Crippen LogP contribution in [0.4, 0.5) is 48.2 Å². The van der Waals surface area contributed by atoms with Crippen molar-refractivity contribution in [3.05, 3.63) is 250 Å². The first-order valence-corrected chi connectivity index (χ1v) is 48.3. The predicted molar refractivity (Wildman–Crippen MR) is 516 cm³/mol. The van der Waals surface area contributed by atoms with Gasteiger partial charge in [0.25, 0.3) is 0 Å². The summed E-state index contributed by atoms with van der Waals surface area (Å²) in [5, 5.41) is 88.2. The monoisotopic (exact) mass is 2040 g/mol. The number of halogens is 6. The summed E-state index contributed by atoms with van der Waals surface area (Å²) in [7, 11) is 0. The highest BCUT2D eigenvalue weighted by Crippen LogP contribution is 2.77. The maximum absolute atomic E-state index is 17.5. The number of Topliss-reactive ketones (excluding diaryl/α,β-unsaturated/α-hetero) is 3. The van der Waals surface area contributed by atoms with Crippen molar-refractivity contribution in [2.45, 2.75) is 235 Å². The van der Waals surface area contributed by atoms with Crippen molar-refractivity contribution < 1.29 is 158 Å². The van der Waals surface area contributed by atoms with Crippen molar-refractivity contribution in [3.8, 4) is 17.2 Å². The third-order valence-electron chi connectivity index (χ3n) is 34.2. The van der Waals surface area contributed by atoms with Gasteiger partial charge in [-0.3, -0.25) is 38.9 Å². The van der Waals surface area contributed by atoms with Crippen molar-refractivity contribution in [1.82, 2.24) is 0 Å². The van der Waals surface area contributed by atoms with Crippen LogP contribution in [0.25, 0.3) is 0 Å². The second-order valence-electron chi connectivity index (χ2n) is 42.9. The Labute approximate surface area is 842 Å². The average molecular weight is 2040 g/mol. The van der Waals surface area contributed by atoms with E-state index in [1.54, 1.807) is 113 Å². The number of aliphatic hydroxyl groups excluding tert-OH is 7. The van der Waals surface area contributed by atoms with E-state index >= 15 is 26.3 Å². The van der Waals surface area contributed by atoms with Gasteiger partial charge in [-0.1, -0.05) is 101 Å². The number of rotatable bonds is 16. The van der Waals surface area contributed by atoms with Crippen molar-refractivity contribution in [3.63, 3.8) is 0 Å². The number of amides is 1. The van der Waals surface area contributed by atoms with Crippen LogP contribution in [0.5, 0.6) is 17.2 Å². The van der Waals surface area contributed by atoms with Gasteiger partial charge < -0.3 is 90.2 Å². The summed E-state index contributed by atoms with van der Waals surface area (Å²) >= 11 is 0. The Morgan fingerprint density at radius 3 is 1.12 bits per heavy atom. The zero-order valence-corrected chi connectivity index (χ0v) is 81.2. The van der Waals surface area contributed by atoms with E-state index < -0.39 is 254 Å². The lowest BCUT2D eigenvalue weighted by atomic mass is 9.44. The number of aldehydes is 1. The predicted octanol–water partition coefficient (Wildman–Crippen LogP) is 13.5. The lowest BCUT2D eigenvalue weighted by molar-refractivity contribution is -0.235. The minimum absolute atomic E-state index is 0. The third kappa shape index (κ3) is 17.0. The van der Waals surface area contributed by atoms with Crippen LogP contribution < -0.4 is 31.0 Å². The molecule has 0 aromatic heterocycles. The molecule has 29 atom stereocenters. The summed E-state index contributed by atoms with van der Waals surface area (Å²) in [4.78, 5) is 136. The molecule has 12 aliphatic carbocycles. The molecule has 6 aromatic rings. The molecule has 2 saturated heterocycles. The number of ketones is 6. The Hall–Kier alpha value is -12.2. The van der Waals surface area contributed by atoms with Crippen LogP contribution in [0.2, 0.25) is 0 Å². The molecule has 20 rings (SSSR count). The van der Waals surface area contributed by atoms with Crippen LogP contribution in [-0.2, 0) is 52.5 Å². The van der Waals surface area contributed by atoms with Gasteiger partial charge >= 0.3 is 24.0 Å². The summed E-state index contributed by atoms with van der Waals surface area (Å²) in [6, 6.07) is 37.9. The minimum Gasteiger partial charge on any atom is -0.444 e. The number of allylic oxidation sites excluding steroid dienone is 12. The van der Waals surface area contributed by atoms with Gasteiger partial charge in [0.1, 0.15) is 67.5 Å². The molecular formula is C111H119F6N3O27. The van der Waals surface area contributed by atoms with Crippen LogP contribution in [-0.4, -0.2) is 220 Å². The summed E-state index contributed by atoms with van der Waals surface area (Å²) in [6.07, 6.45) is -6.08. The van der Waals surface area contributed by atoms with Crippen molar-refractivity contribution in [2.75, 3.05) is 36.6 Å². The van der Waals surface area contributed by atoms with Crippen molar-refractivity contribution >= 4 is 82.0 Å². The van der Waals surface area contributed by atoms with E-state index in [9.17, 15) is 93.6 Å². The molecule has 6 aromatic carbocycles. The number of hydrogen-bond donors (Lipinski definition) is 11. The molecular weight excluding hydrogens is 1920 g/mol. The standard InChI is InChI=1S/2C35H35F2NO8.C21H26F2O6.C19H19NO5.CH4/c2*1-32-11-10-21(40)13-25(32)26(36)14-24-23-15-29-35(28(42)17-39,33(23,2)16-27(41)34(24,32)37)46-31(45-29)19-8-6-18(7-9-19)30(43)44-22-5-3-4-20(38)12-22;1-18-4-3-10(25)5-13(18)14(22)6-12-11-7-15(26)21(29,17(28)9-24)19(11,2)8-16(27)20(12,18)23;1-19(2,3)25-18(23)20-15-5-4-6-16(11-15)24-17(22)14-9-7-13(12-21)8-10-14;/h2*3-13,23-24,26-27,29,31,39,41H,14-17,38H2,1-2H3;3-5,11-12,14-16,24,26-27,29H,6-9H2,1-2H3;4-12H,1-3H3,(H,20,23);1H4/t23-,24-,26-,27-,29+,31+,32-,33-,34-,35+;23-,24-,26-,27-,29+,31-,32-,33-,34-,35+;11-,12-,14-,15+,16-,18-,19-,20-,21-;;/m000../s1. The molecule has 0 radical (unpaired) electrons. The van der Waals surface area contributed by atoms with E-state index in [-0.39, 0.29) is 110 Å². The normalized spacial score (nSPS) is 37.9. The van der Waals surface area contributed by atoms with Gasteiger partial charge in [-0.05, 0) is 243 Å². The number of ether oxygens (including phenoxy) is 8. The van der Waals surface area contributed by atoms with Gasteiger partial charge in [0.05, 0.1) is 53.3 Å². The highest BCUT2D eigenvalue weighted by Gasteiger charge is 2.84. The minimum atomic E-state index is -2.37. The van der Waals surface area contributed by atoms with Gasteiger partial charge in [-0.25, -0.2) is 45.5 Å². The Morgan fingerprint density at radius 2 is 0.782 bits per heavy atom. The molecule has 2 aliphatic heterocycles. The molecule has 147 heavy (non-hydrogen) atoms. The molecule has 0 bridgehead atoms. The smallest absolute Gasteiger partial charge is 0.412 e. The van der Waals surface area contributed by atoms with Crippen LogP contribution in [0.3, 0.4) is 0 Å². The number of fused-ring (bicyclic) bond motifs is 19. The van der Waals surface area contributed by atoms with Crippen LogP contribution in [0, 0.1) is 68.0 Å². The fourth-order valence-corrected chi connectivity index (χ4v) is 27.2. The number of aliphatic hydroxyl groups is 8. The number of benzene rings is 6. The van der Waals surface area contributed by atoms with Crippen LogP contribution >= 0.6 is 0 Å². The number of esters is 3. The molecule has 0 unspecified atom stereocenters. The molecule has 0 spiro atoms. The lowest BCUT2D eigenvalue weighted by Gasteiger charge is -2.63. The van der Waals surface area contributed by atoms with E-state index in [0.29, 0.717) is 45.6 Å². The van der Waals surface area contributed by atoms with E-state index in [0.717, 1.165) is 24.3 Å². The van der Waals surface area contributed by atoms with E-state index in [2.05, 4.69) is 5.32 Å². The van der Waals surface area contributed by atoms with E-state index in [1.807, 2.05) is 0 Å². The summed E-state index contributed by atoms with van der Waals surface area (Å²) < 4.78 is 145. The number of nitrogens with one attached hydrogen (secondary N) is 1. The SMILES string of the molecule is C.CC(C)(C)OC(=O)Nc1cccc(OC(=O)c2ccc(C=O)cc2)c1.C[C@]12C=CC(=O)C=C1[C@@H](F)C[C@H]1[C@@H]3C[C@@H](O)[C@](O)(C(=O)CO)[C@@]3(C)C[C@H](O)[C@@]12F.C[C@]12C=CC(=O)C=C1[C@@H](F)C[C@H]1[C@@H]3C[C@H]4O[C@@H](c5ccc(C(=O)Oc6cccc(N)c6)cc5)O[C@@]4(C(=O)CO)[C@@]3(C)C[C@H](O)[C@@]12F.C[C@]12C=CC(=O)C=C1[C@@H](F)C[C@H]1[C@@H]3C[C@H]4O[C@H](c5ccc(C(=O)Oc6cccc(N)c6)cc5)O[C@@]4(C(=O)CO)[C@@]3(C)C[C@H](O)[C@@]12F. The maximum Gasteiger partial charge on any atom is 0.412 e. The summed E-state index contributed by atoms with van der Waals surface area (Å²) in [5.74, 6) is -9.93. The molecule has 30 nitrogen and oxygen atoms in total. The first-order valence-electron chi connectivity index (χ1n) is 48.3. The second kappa shape index (κ2) is 38.8. The molecule has 36 heteroatoms. The van der Waals surface area contributed by atoms with E-state index in [1.165, 1.54) is 125 Å². The molecule has 14 aliphatic rings. The highest BCUT2D eigenvalue weighted by atomic mass is 19.2. The summed E-state index contributed by atoms with van der Waals surface area (Å²) in [5.41, 5.74) is -7.08. The Morgan fingerprint density at radius 1 is 0.449 bits per heavy atom. The summed E-state index contributed by atoms with van der Waals surface area (Å²) in [6.45, 7) is 11.9. The number of alkyl halides is 6. The van der Waals surface area contributed by atoms with Gasteiger partial charge in [0.15, 0.2) is 81.1 Å². The Bertz CT molecular complexity index is 6240. The number of hydrogen-bond acceptors (Lipinski definition) is 29. The zero-order valence-electron chi connectivity index (χ0n) is 81.2. The molecule has 9 saturated carbocycles. The quantitative estimate of drug-likeness (QED) is 0.0141. The Balaban J connectivity index is 0.000000144. The lowest BCUT2D eigenvalue weighted by Crippen LogP contribution is -2.70. The zero-order chi connectivity index (χ0) is 106. The van der Waals surface area contributed by atoms with Gasteiger partial charge in [0, 0.05) is 102 Å². The number of nitrogen functional groups attached to an aromatic ring is 2. The Kier molecular flexibility index (Phi) is 28.4. The molecule has 11 fully saturated rings. The largest absolute Gasteiger partial charge is 0.444 e.